The van der Waals surface area contributed by atoms with Gasteiger partial charge in [-0.25, -0.2) is 9.36 Å². The summed E-state index contributed by atoms with van der Waals surface area (Å²) in [5.74, 6) is 1.15. The smallest absolute Gasteiger partial charge is 0.332 e. The van der Waals surface area contributed by atoms with Gasteiger partial charge >= 0.3 is 5.69 Å². The van der Waals surface area contributed by atoms with E-state index in [0.29, 0.717) is 30.5 Å². The fraction of sp³-hybridized carbons (Fsp3) is 0.400. The standard InChI is InChI=1S/C20H24N6O5/c1-11-8-24(13-6-5-12(30-3)7-14(13)31-4)19-22-17-16(25(19)9-11)18(28)26(10-15(21)27)20(29)23(17)2/h5-7,11H,8-10H2,1-4H3,(H2,21,27)/t11-/m0/s1. The number of ether oxygens (including phenoxy) is 2. The summed E-state index contributed by atoms with van der Waals surface area (Å²) in [5.41, 5.74) is 5.27. The molecule has 2 N–H and O–H groups in total. The second-order valence-electron chi connectivity index (χ2n) is 7.65. The molecule has 0 unspecified atom stereocenters. The number of anilines is 2. The van der Waals surface area contributed by atoms with Crippen molar-refractivity contribution >= 4 is 28.7 Å². The van der Waals surface area contributed by atoms with Crippen LogP contribution in [0.15, 0.2) is 27.8 Å². The van der Waals surface area contributed by atoms with E-state index < -0.39 is 23.7 Å². The van der Waals surface area contributed by atoms with E-state index in [4.69, 9.17) is 15.2 Å². The van der Waals surface area contributed by atoms with Crippen molar-refractivity contribution in [3.8, 4) is 11.5 Å². The third-order valence-electron chi connectivity index (χ3n) is 5.43. The number of imidazole rings is 1. The van der Waals surface area contributed by atoms with Crippen LogP contribution in [0.4, 0.5) is 11.6 Å². The lowest BCUT2D eigenvalue weighted by molar-refractivity contribution is -0.118. The van der Waals surface area contributed by atoms with Crippen LogP contribution in [0.1, 0.15) is 6.92 Å². The fourth-order valence-electron chi connectivity index (χ4n) is 4.01. The molecule has 3 heterocycles. The Hall–Kier alpha value is -3.76. The van der Waals surface area contributed by atoms with Crippen LogP contribution in [0.2, 0.25) is 0 Å². The molecule has 0 bridgehead atoms. The Morgan fingerprint density at radius 2 is 1.97 bits per heavy atom. The highest BCUT2D eigenvalue weighted by molar-refractivity contribution is 5.79. The maximum atomic E-state index is 13.1. The average Bonchev–Trinajstić information content (AvgIpc) is 3.13. The largest absolute Gasteiger partial charge is 0.497 e. The summed E-state index contributed by atoms with van der Waals surface area (Å²) >= 11 is 0. The summed E-state index contributed by atoms with van der Waals surface area (Å²) in [5, 5.41) is 0. The molecule has 4 rings (SSSR count). The third kappa shape index (κ3) is 3.22. The topological polar surface area (TPSA) is 127 Å². The van der Waals surface area contributed by atoms with Crippen LogP contribution < -0.4 is 31.4 Å². The number of benzene rings is 1. The second-order valence-corrected chi connectivity index (χ2v) is 7.65. The monoisotopic (exact) mass is 428 g/mol. The molecule has 0 spiro atoms. The SMILES string of the molecule is COc1ccc(N2C[C@H](C)Cn3c2nc2c3c(=O)n(CC(N)=O)c(=O)n2C)c(OC)c1. The number of hydrogen-bond acceptors (Lipinski definition) is 7. The highest BCUT2D eigenvalue weighted by Crippen LogP contribution is 2.39. The Bertz CT molecular complexity index is 1300. The first-order valence-electron chi connectivity index (χ1n) is 9.74. The summed E-state index contributed by atoms with van der Waals surface area (Å²) in [4.78, 5) is 43.8. The van der Waals surface area contributed by atoms with Crippen LogP contribution in [-0.2, 0) is 24.9 Å². The van der Waals surface area contributed by atoms with E-state index in [9.17, 15) is 14.4 Å². The highest BCUT2D eigenvalue weighted by atomic mass is 16.5. The Balaban J connectivity index is 1.99. The van der Waals surface area contributed by atoms with Gasteiger partial charge in [-0.05, 0) is 18.1 Å². The first-order chi connectivity index (χ1) is 14.8. The van der Waals surface area contributed by atoms with Crippen LogP contribution >= 0.6 is 0 Å². The van der Waals surface area contributed by atoms with Gasteiger partial charge in [0.05, 0.1) is 19.9 Å². The molecule has 3 aromatic rings. The summed E-state index contributed by atoms with van der Waals surface area (Å²) in [6.07, 6.45) is 0. The Labute approximate surface area is 177 Å². The highest BCUT2D eigenvalue weighted by Gasteiger charge is 2.31. The minimum Gasteiger partial charge on any atom is -0.497 e. The van der Waals surface area contributed by atoms with Crippen molar-refractivity contribution in [2.24, 2.45) is 18.7 Å². The molecule has 1 aliphatic heterocycles. The zero-order valence-corrected chi connectivity index (χ0v) is 17.8. The van der Waals surface area contributed by atoms with Crippen molar-refractivity contribution in [1.82, 2.24) is 18.7 Å². The molecular weight excluding hydrogens is 404 g/mol. The van der Waals surface area contributed by atoms with Gasteiger partial charge in [-0.2, -0.15) is 4.98 Å². The van der Waals surface area contributed by atoms with Crippen LogP contribution in [0.5, 0.6) is 11.5 Å². The van der Waals surface area contributed by atoms with Crippen molar-refractivity contribution < 1.29 is 14.3 Å². The molecule has 0 saturated heterocycles. The van der Waals surface area contributed by atoms with E-state index in [2.05, 4.69) is 11.9 Å². The Morgan fingerprint density at radius 1 is 1.23 bits per heavy atom. The first-order valence-corrected chi connectivity index (χ1v) is 9.74. The number of fused-ring (bicyclic) bond motifs is 3. The van der Waals surface area contributed by atoms with Crippen LogP contribution in [0.3, 0.4) is 0 Å². The van der Waals surface area contributed by atoms with Crippen molar-refractivity contribution in [1.29, 1.82) is 0 Å². The van der Waals surface area contributed by atoms with Crippen molar-refractivity contribution in [2.45, 2.75) is 20.0 Å². The second kappa shape index (κ2) is 7.49. The normalized spacial score (nSPS) is 15.7. The molecule has 0 radical (unpaired) electrons. The van der Waals surface area contributed by atoms with Crippen LogP contribution in [0, 0.1) is 5.92 Å². The molecule has 11 heteroatoms. The molecule has 0 aliphatic carbocycles. The Kier molecular flexibility index (Phi) is 4.96. The summed E-state index contributed by atoms with van der Waals surface area (Å²) in [7, 11) is 4.66. The summed E-state index contributed by atoms with van der Waals surface area (Å²) < 4.78 is 14.7. The van der Waals surface area contributed by atoms with Crippen LogP contribution in [-0.4, -0.2) is 45.4 Å². The van der Waals surface area contributed by atoms with Crippen molar-refractivity contribution in [3.63, 3.8) is 0 Å². The van der Waals surface area contributed by atoms with Gasteiger partial charge in [0.1, 0.15) is 18.0 Å². The number of carbonyl (C=O) groups is 1. The lowest BCUT2D eigenvalue weighted by Gasteiger charge is -2.33. The van der Waals surface area contributed by atoms with E-state index in [1.165, 1.54) is 11.6 Å². The zero-order chi connectivity index (χ0) is 22.4. The van der Waals surface area contributed by atoms with Gasteiger partial charge in [-0.15, -0.1) is 0 Å². The number of carbonyl (C=O) groups excluding carboxylic acids is 1. The fourth-order valence-corrected chi connectivity index (χ4v) is 4.01. The minimum absolute atomic E-state index is 0.165. The first kappa shape index (κ1) is 20.5. The number of nitrogens with zero attached hydrogens (tertiary/aromatic N) is 5. The maximum absolute atomic E-state index is 13.1. The molecule has 0 fully saturated rings. The van der Waals surface area contributed by atoms with E-state index >= 15 is 0 Å². The van der Waals surface area contributed by atoms with Gasteiger partial charge in [-0.1, -0.05) is 6.92 Å². The maximum Gasteiger partial charge on any atom is 0.332 e. The predicted octanol–water partition coefficient (Wildman–Crippen LogP) is 0.187. The number of aryl methyl sites for hydroxylation is 1. The molecule has 31 heavy (non-hydrogen) atoms. The average molecular weight is 428 g/mol. The van der Waals surface area contributed by atoms with Crippen molar-refractivity contribution in [2.75, 3.05) is 25.7 Å². The minimum atomic E-state index is -0.769. The van der Waals surface area contributed by atoms with Gasteiger partial charge in [0.25, 0.3) is 5.56 Å². The third-order valence-corrected chi connectivity index (χ3v) is 5.43. The van der Waals surface area contributed by atoms with Gasteiger partial charge in [0, 0.05) is 26.2 Å². The van der Waals surface area contributed by atoms with Gasteiger partial charge in [0.2, 0.25) is 11.9 Å². The zero-order valence-electron chi connectivity index (χ0n) is 17.8. The summed E-state index contributed by atoms with van der Waals surface area (Å²) in [6, 6.07) is 5.46. The molecule has 1 aromatic carbocycles. The van der Waals surface area contributed by atoms with E-state index in [1.54, 1.807) is 24.9 Å². The molecular formula is C20H24N6O5. The van der Waals surface area contributed by atoms with E-state index in [-0.39, 0.29) is 17.1 Å². The molecule has 164 valence electrons. The molecule has 1 amide bonds. The Morgan fingerprint density at radius 3 is 2.61 bits per heavy atom. The van der Waals surface area contributed by atoms with E-state index in [1.807, 2.05) is 17.0 Å². The number of aromatic nitrogens is 4. The summed E-state index contributed by atoms with van der Waals surface area (Å²) in [6.45, 7) is 2.73. The molecule has 1 atom stereocenters. The number of primary amides is 1. The molecule has 11 nitrogen and oxygen atoms in total. The lowest BCUT2D eigenvalue weighted by Crippen LogP contribution is -2.43. The predicted molar refractivity (Wildman–Crippen MR) is 114 cm³/mol. The number of rotatable bonds is 5. The molecule has 1 aliphatic rings. The number of nitrogens with two attached hydrogens (primary N) is 1. The number of hydrogen-bond donors (Lipinski definition) is 1. The quantitative estimate of drug-likeness (QED) is 0.614. The van der Waals surface area contributed by atoms with Crippen LogP contribution in [0.25, 0.3) is 11.2 Å². The van der Waals surface area contributed by atoms with Gasteiger partial charge in [0.15, 0.2) is 11.2 Å². The van der Waals surface area contributed by atoms with Gasteiger partial charge in [-0.3, -0.25) is 14.2 Å². The van der Waals surface area contributed by atoms with Gasteiger partial charge < -0.3 is 24.7 Å². The number of methoxy groups -OCH3 is 2. The van der Waals surface area contributed by atoms with E-state index in [0.717, 1.165) is 10.3 Å². The lowest BCUT2D eigenvalue weighted by atomic mass is 10.1. The molecule has 0 saturated carbocycles. The number of amides is 1. The van der Waals surface area contributed by atoms with Crippen molar-refractivity contribution in [3.05, 3.63) is 39.0 Å². The molecule has 2 aromatic heterocycles.